The number of carboxylic acids is 1. The number of hydrogen-bond donors (Lipinski definition) is 11. The Kier molecular flexibility index (Phi) is 52.1. The number of aromatic nitrogens is 4. The molecular weight excluding hydrogens is 2000 g/mol. The number of quaternary nitrogens is 1. The molecule has 0 radical (unpaired) electrons. The molecule has 0 saturated heterocycles. The van der Waals surface area contributed by atoms with E-state index in [9.17, 15) is 67.5 Å². The van der Waals surface area contributed by atoms with E-state index in [1.807, 2.05) is 78.9 Å². The zero-order valence-corrected chi connectivity index (χ0v) is 86.2. The fraction of sp³-hybridized carbons (Fsp3) is 0.457. The quantitative estimate of drug-likeness (QED) is 0.00321. The molecule has 2 aromatic heterocycles. The Balaban J connectivity index is 0.681. The number of phosphoric ester groups is 1. The standard InChI is InChI=1S/C94H128ClN14O30P3S2/c1-7-80(70-11-9-8-10-12-70)85(71-19-25-76(110)26-20-71)72-21-29-77(30-22-72)135-48-42-107(38-35-95)140(6,120)137-62-69-15-31-79(32-16-69)144-143-64-81(96)89(114)99-37-45-128-51-53-129-46-40-106(84(112)63-132-57-58-134-67-141(121,122)66-133-50-49-126-5)41-47-130-54-56-131-55-52-127-44-36-98-83(111)34-33-82(91(116)117)102-88(113)73-17-23-75(24-18-73)108(60-74-59-100-87-86(101-74)90(115)104-92(97)103-87)94(119)136-61-68-13-27-78(28-14-68)139-93(118)105(2)39-43-109(3,4)65-138-142(123,124)125/h8-32,59,81-82H,7,33-58,60-67,96H2,1-6H3,(H10-,97,98,99,100,102,103,104,110,111,113,114,115,116,117,121,122,123,124,125)/p+1/b85-80-. The Morgan fingerprint density at radius 3 is 1.81 bits per heavy atom. The summed E-state index contributed by atoms with van der Waals surface area (Å²) in [6.07, 6.45) is -1.04. The van der Waals surface area contributed by atoms with Gasteiger partial charge in [-0.05, 0) is 125 Å². The minimum absolute atomic E-state index is 0.0155. The van der Waals surface area contributed by atoms with Crippen LogP contribution < -0.4 is 41.8 Å². The zero-order chi connectivity index (χ0) is 104. The van der Waals surface area contributed by atoms with E-state index in [0.717, 1.165) is 49.6 Å². The maximum absolute atomic E-state index is 14.0. The number of nitrogens with zero attached hydrogens (tertiary/aromatic N) is 9. The molecule has 0 bridgehead atoms. The van der Waals surface area contributed by atoms with Gasteiger partial charge in [0.25, 0.3) is 13.4 Å². The summed E-state index contributed by atoms with van der Waals surface area (Å²) in [6, 6.07) is 42.0. The Hall–Kier alpha value is -10.4. The maximum atomic E-state index is 14.0. The lowest BCUT2D eigenvalue weighted by molar-refractivity contribution is -0.905. The van der Waals surface area contributed by atoms with Crippen LogP contribution in [0.2, 0.25) is 0 Å². The second kappa shape index (κ2) is 63.2. The summed E-state index contributed by atoms with van der Waals surface area (Å²) in [5.41, 5.74) is 18.6. The fourth-order valence-corrected chi connectivity index (χ4v) is 18.5. The summed E-state index contributed by atoms with van der Waals surface area (Å²) in [7, 11) is -2.61. The van der Waals surface area contributed by atoms with Crippen LogP contribution in [-0.2, 0) is 109 Å². The van der Waals surface area contributed by atoms with Crippen LogP contribution >= 0.6 is 55.9 Å². The van der Waals surface area contributed by atoms with Crippen molar-refractivity contribution in [3.63, 3.8) is 0 Å². The van der Waals surface area contributed by atoms with Crippen molar-refractivity contribution < 1.29 is 148 Å². The molecule has 0 aliphatic carbocycles. The number of nitrogens with one attached hydrogen (secondary N) is 3. The number of likely N-dealkylation sites (N-methyl/N-ethyl adjacent to an activating group) is 2. The highest BCUT2D eigenvalue weighted by Gasteiger charge is 2.31. The number of phenolic OH excluding ortho intramolecular Hbond substituents is 1. The minimum atomic E-state index is -4.70. The summed E-state index contributed by atoms with van der Waals surface area (Å²) in [4.78, 5) is 141. The van der Waals surface area contributed by atoms with Crippen molar-refractivity contribution in [3.05, 3.63) is 197 Å². The van der Waals surface area contributed by atoms with Crippen LogP contribution in [0.5, 0.6) is 23.1 Å². The van der Waals surface area contributed by atoms with Crippen molar-refractivity contribution in [2.45, 2.75) is 62.9 Å². The van der Waals surface area contributed by atoms with Crippen LogP contribution in [0, 0.1) is 0 Å². The Labute approximate surface area is 848 Å². The van der Waals surface area contributed by atoms with E-state index in [4.69, 9.17) is 94.2 Å². The number of nitrogen functional groups attached to an aromatic ring is 1. The number of methoxy groups -OCH3 is 1. The highest BCUT2D eigenvalue weighted by molar-refractivity contribution is 8.76. The van der Waals surface area contributed by atoms with Gasteiger partial charge in [-0.25, -0.2) is 38.1 Å². The average Bonchev–Trinajstić information content (AvgIpc) is 0.801. The molecule has 6 amide bonds. The van der Waals surface area contributed by atoms with E-state index in [-0.39, 0.29) is 246 Å². The Morgan fingerprint density at radius 1 is 0.611 bits per heavy atom. The molecular formula is C94H129ClN14O30P3S2+. The van der Waals surface area contributed by atoms with Crippen LogP contribution in [-0.4, -0.2) is 347 Å². The van der Waals surface area contributed by atoms with Gasteiger partial charge in [0.2, 0.25) is 36.9 Å². The number of carboxylic acid groups (broad SMARTS) is 1. The lowest BCUT2D eigenvalue weighted by atomic mass is 9.88. The molecule has 50 heteroatoms. The predicted octanol–water partition coefficient (Wildman–Crippen LogP) is 9.42. The summed E-state index contributed by atoms with van der Waals surface area (Å²) in [5.74, 6) is -2.78. The third-order valence-electron chi connectivity index (χ3n) is 21.0. The number of amides is 6. The van der Waals surface area contributed by atoms with Crippen LogP contribution in [0.1, 0.15) is 70.1 Å². The van der Waals surface area contributed by atoms with Gasteiger partial charge in [-0.1, -0.05) is 107 Å². The van der Waals surface area contributed by atoms with Gasteiger partial charge >= 0.3 is 26.0 Å². The number of phosphoric acid groups is 1. The number of nitrogens with two attached hydrogens (primary N) is 2. The molecule has 0 aliphatic heterocycles. The van der Waals surface area contributed by atoms with E-state index in [1.54, 1.807) is 49.7 Å². The number of aliphatic carboxylic acids is 1. The number of halogens is 1. The van der Waals surface area contributed by atoms with Crippen molar-refractivity contribution in [1.82, 2.24) is 50.4 Å². The molecule has 8 rings (SSSR count). The summed E-state index contributed by atoms with van der Waals surface area (Å²) in [5, 5.41) is 38.5. The van der Waals surface area contributed by atoms with E-state index >= 15 is 0 Å². The van der Waals surface area contributed by atoms with Gasteiger partial charge in [-0.2, -0.15) is 9.97 Å². The van der Waals surface area contributed by atoms with Crippen LogP contribution in [0.15, 0.2) is 163 Å². The van der Waals surface area contributed by atoms with Crippen LogP contribution in [0.3, 0.4) is 0 Å². The first kappa shape index (κ1) is 119. The van der Waals surface area contributed by atoms with E-state index in [1.165, 1.54) is 88.1 Å². The number of anilines is 2. The number of phenols is 1. The number of allylic oxidation sites excluding steroid dienone is 1. The van der Waals surface area contributed by atoms with Crippen molar-refractivity contribution in [3.8, 4) is 23.1 Å². The van der Waals surface area contributed by atoms with Gasteiger partial charge in [-0.15, -0.1) is 11.6 Å². The molecule has 4 unspecified atom stereocenters. The molecule has 8 aromatic rings. The molecule has 2 heterocycles. The molecule has 6 aromatic carbocycles. The molecule has 13 N–H and O–H groups in total. The molecule has 0 fully saturated rings. The number of rotatable bonds is 70. The number of carbonyl (C=O) groups excluding carboxylic acids is 6. The van der Waals surface area contributed by atoms with Crippen LogP contribution in [0.4, 0.5) is 21.2 Å². The third kappa shape index (κ3) is 44.5. The largest absolute Gasteiger partial charge is 0.508 e. The zero-order valence-electron chi connectivity index (χ0n) is 81.1. The van der Waals surface area contributed by atoms with Gasteiger partial charge in [0.05, 0.1) is 151 Å². The van der Waals surface area contributed by atoms with Crippen molar-refractivity contribution in [1.29, 1.82) is 0 Å². The average molecular weight is 2130 g/mol. The first-order chi connectivity index (χ1) is 69.0. The SMILES string of the molecule is CC/C(=C(\c1ccc(O)cc1)c1ccc(OCCN(CCCl)P(C)(=O)OCc2ccc(SSCC(N)C(=O)NCCOCCOCCN(CCOCCOCCOCCNC(=O)CCC(NC(=O)c3ccc(N(Cc4cnc5nc(N)nc(O)c5n4)C(=O)OCc4ccc(OC(=O)N(C)CC[N+](C)(C)COP(=O)(O)O)cc4)cc3)C(=O)O)C(=O)COCCOCP(=O)(O)COCCOC)cc2)cc1)c1ccccc1. The molecule has 0 saturated carbocycles. The number of alkyl halides is 1. The first-order valence-corrected chi connectivity index (χ1v) is 54.3. The van der Waals surface area contributed by atoms with Crippen molar-refractivity contribution in [2.75, 3.05) is 235 Å². The molecule has 788 valence electrons. The lowest BCUT2D eigenvalue weighted by Gasteiger charge is -2.30. The van der Waals surface area contributed by atoms with Gasteiger partial charge in [-0.3, -0.25) is 33.2 Å². The van der Waals surface area contributed by atoms with Gasteiger partial charge < -0.3 is 133 Å². The Bertz CT molecular complexity index is 5500. The fourth-order valence-electron chi connectivity index (χ4n) is 13.2. The summed E-state index contributed by atoms with van der Waals surface area (Å²) < 4.78 is 117. The Morgan fingerprint density at radius 2 is 1.19 bits per heavy atom. The highest BCUT2D eigenvalue weighted by Crippen LogP contribution is 2.48. The topological polar surface area (TPSA) is 574 Å². The van der Waals surface area contributed by atoms with Gasteiger partial charge in [0, 0.05) is 94.3 Å². The van der Waals surface area contributed by atoms with E-state index in [0.29, 0.717) is 30.2 Å². The van der Waals surface area contributed by atoms with E-state index < -0.39 is 89.2 Å². The number of fused-ring (bicyclic) bond motifs is 1. The maximum Gasteiger partial charge on any atom is 0.474 e. The van der Waals surface area contributed by atoms with Gasteiger partial charge in [0.15, 0.2) is 17.9 Å². The predicted molar refractivity (Wildman–Crippen MR) is 539 cm³/mol. The number of ether oxygens (including phenoxy) is 12. The second-order valence-corrected chi connectivity index (χ2v) is 41.4. The molecule has 44 nitrogen and oxygen atoms in total. The van der Waals surface area contributed by atoms with Crippen LogP contribution in [0.25, 0.3) is 22.3 Å². The third-order valence-corrected chi connectivity index (χ3v) is 27.3. The van der Waals surface area contributed by atoms with E-state index in [2.05, 4.69) is 59.5 Å². The number of benzene rings is 6. The van der Waals surface area contributed by atoms with Crippen molar-refractivity contribution >= 4 is 132 Å². The smallest absolute Gasteiger partial charge is 0.474 e. The number of carbonyl (C=O) groups is 7. The molecule has 0 aliphatic rings. The normalized spacial score (nSPS) is 13.1. The number of aromatic hydroxyl groups is 2. The molecule has 4 atom stereocenters. The number of hydrogen-bond acceptors (Lipinski definition) is 34. The first-order valence-electron chi connectivity index (χ1n) is 45.8. The molecule has 144 heavy (non-hydrogen) atoms. The summed E-state index contributed by atoms with van der Waals surface area (Å²) >= 11 is 6.20. The monoisotopic (exact) mass is 2130 g/mol. The van der Waals surface area contributed by atoms with Gasteiger partial charge in [0.1, 0.15) is 55.8 Å². The summed E-state index contributed by atoms with van der Waals surface area (Å²) in [6.45, 7) is 6.07. The lowest BCUT2D eigenvalue weighted by Crippen LogP contribution is -2.47. The highest BCUT2D eigenvalue weighted by atomic mass is 35.5. The molecule has 0 spiro atoms. The van der Waals surface area contributed by atoms with Crippen molar-refractivity contribution in [2.24, 2.45) is 5.73 Å². The second-order valence-electron chi connectivity index (χ2n) is 32.8. The minimum Gasteiger partial charge on any atom is -0.508 e.